The normalized spacial score (nSPS) is 35.2. The minimum Gasteiger partial charge on any atom is -0.327 e. The highest BCUT2D eigenvalue weighted by molar-refractivity contribution is 8.07. The van der Waals surface area contributed by atoms with E-state index in [0.717, 1.165) is 23.3 Å². The van der Waals surface area contributed by atoms with Gasteiger partial charge in [-0.15, -0.1) is 6.58 Å². The van der Waals surface area contributed by atoms with Gasteiger partial charge in [0.15, 0.2) is 0 Å². The molecule has 4 atom stereocenters. The van der Waals surface area contributed by atoms with Crippen molar-refractivity contribution in [3.05, 3.63) is 12.7 Å². The van der Waals surface area contributed by atoms with Crippen LogP contribution in [0.1, 0.15) is 26.7 Å². The van der Waals surface area contributed by atoms with Gasteiger partial charge in [0, 0.05) is 27.5 Å². The van der Waals surface area contributed by atoms with Crippen LogP contribution in [0, 0.1) is 0 Å². The second-order valence-electron chi connectivity index (χ2n) is 3.95. The van der Waals surface area contributed by atoms with E-state index in [2.05, 4.69) is 44.0 Å². The van der Waals surface area contributed by atoms with Gasteiger partial charge in [0.2, 0.25) is 0 Å². The van der Waals surface area contributed by atoms with Crippen molar-refractivity contribution in [3.8, 4) is 0 Å². The molecular weight excluding hydrogens is 210 g/mol. The van der Waals surface area contributed by atoms with E-state index in [-0.39, 0.29) is 0 Å². The van der Waals surface area contributed by atoms with E-state index in [1.54, 1.807) is 0 Å². The van der Waals surface area contributed by atoms with Crippen molar-refractivity contribution in [2.45, 2.75) is 48.5 Å². The van der Waals surface area contributed by atoms with Gasteiger partial charge in [0.1, 0.15) is 0 Å². The SMILES string of the molecule is C=CCCC(N)C1CSC(C)C(C)S1. The predicted octanol–water partition coefficient (Wildman–Crippen LogP) is 2.91. The summed E-state index contributed by atoms with van der Waals surface area (Å²) < 4.78 is 0. The van der Waals surface area contributed by atoms with Crippen molar-refractivity contribution in [1.82, 2.24) is 0 Å². The molecule has 1 saturated heterocycles. The molecule has 4 unspecified atom stereocenters. The van der Waals surface area contributed by atoms with E-state index < -0.39 is 0 Å². The van der Waals surface area contributed by atoms with Crippen LogP contribution in [-0.2, 0) is 0 Å². The summed E-state index contributed by atoms with van der Waals surface area (Å²) in [4.78, 5) is 0. The molecule has 0 radical (unpaired) electrons. The Morgan fingerprint density at radius 3 is 2.79 bits per heavy atom. The first-order valence-electron chi connectivity index (χ1n) is 5.28. The zero-order chi connectivity index (χ0) is 10.6. The van der Waals surface area contributed by atoms with Crippen LogP contribution in [0.4, 0.5) is 0 Å². The van der Waals surface area contributed by atoms with E-state index >= 15 is 0 Å². The van der Waals surface area contributed by atoms with Crippen LogP contribution in [0.3, 0.4) is 0 Å². The Labute approximate surface area is 96.3 Å². The van der Waals surface area contributed by atoms with E-state index in [9.17, 15) is 0 Å². The Morgan fingerprint density at radius 2 is 2.21 bits per heavy atom. The lowest BCUT2D eigenvalue weighted by Gasteiger charge is -2.34. The molecular formula is C11H21NS2. The third-order valence-corrected chi connectivity index (χ3v) is 6.33. The first-order chi connectivity index (χ1) is 6.65. The summed E-state index contributed by atoms with van der Waals surface area (Å²) in [5.74, 6) is 1.22. The summed E-state index contributed by atoms with van der Waals surface area (Å²) in [6.45, 7) is 8.36. The van der Waals surface area contributed by atoms with Gasteiger partial charge in [-0.3, -0.25) is 0 Å². The van der Waals surface area contributed by atoms with Crippen molar-refractivity contribution in [2.75, 3.05) is 5.75 Å². The molecule has 1 aliphatic rings. The van der Waals surface area contributed by atoms with Crippen LogP contribution in [0.5, 0.6) is 0 Å². The molecule has 2 N–H and O–H groups in total. The standard InChI is InChI=1S/C11H21NS2/c1-4-5-6-10(12)11-7-13-8(2)9(3)14-11/h4,8-11H,1,5-7,12H2,2-3H3. The Bertz CT molecular complexity index is 184. The number of hydrogen-bond donors (Lipinski definition) is 1. The average molecular weight is 231 g/mol. The Hall–Kier alpha value is 0.400. The van der Waals surface area contributed by atoms with Gasteiger partial charge in [0.05, 0.1) is 0 Å². The van der Waals surface area contributed by atoms with Gasteiger partial charge in [-0.2, -0.15) is 23.5 Å². The molecule has 1 heterocycles. The maximum atomic E-state index is 6.16. The van der Waals surface area contributed by atoms with E-state index in [1.807, 2.05) is 6.08 Å². The average Bonchev–Trinajstić information content (AvgIpc) is 2.18. The summed E-state index contributed by atoms with van der Waals surface area (Å²) in [6, 6.07) is 0.348. The minimum atomic E-state index is 0.348. The fraction of sp³-hybridized carbons (Fsp3) is 0.818. The molecule has 0 saturated carbocycles. The molecule has 0 amide bonds. The number of nitrogens with two attached hydrogens (primary N) is 1. The van der Waals surface area contributed by atoms with E-state index in [1.165, 1.54) is 5.75 Å². The fourth-order valence-corrected chi connectivity index (χ4v) is 4.63. The molecule has 14 heavy (non-hydrogen) atoms. The quantitative estimate of drug-likeness (QED) is 0.754. The monoisotopic (exact) mass is 231 g/mol. The lowest BCUT2D eigenvalue weighted by Crippen LogP contribution is -2.39. The first-order valence-corrected chi connectivity index (χ1v) is 7.28. The highest BCUT2D eigenvalue weighted by atomic mass is 32.2. The van der Waals surface area contributed by atoms with Gasteiger partial charge in [0.25, 0.3) is 0 Å². The van der Waals surface area contributed by atoms with Crippen LogP contribution in [-0.4, -0.2) is 27.5 Å². The minimum absolute atomic E-state index is 0.348. The second-order valence-corrected chi connectivity index (χ2v) is 6.98. The second kappa shape index (κ2) is 6.09. The number of hydrogen-bond acceptors (Lipinski definition) is 3. The van der Waals surface area contributed by atoms with Crippen molar-refractivity contribution in [1.29, 1.82) is 0 Å². The molecule has 1 fully saturated rings. The van der Waals surface area contributed by atoms with Crippen LogP contribution >= 0.6 is 23.5 Å². The van der Waals surface area contributed by atoms with E-state index in [0.29, 0.717) is 11.3 Å². The van der Waals surface area contributed by atoms with Crippen LogP contribution in [0.2, 0.25) is 0 Å². The van der Waals surface area contributed by atoms with Gasteiger partial charge >= 0.3 is 0 Å². The third-order valence-electron chi connectivity index (χ3n) is 2.76. The highest BCUT2D eigenvalue weighted by Crippen LogP contribution is 2.37. The van der Waals surface area contributed by atoms with Crippen LogP contribution in [0.25, 0.3) is 0 Å². The smallest absolute Gasteiger partial charge is 0.0292 e. The maximum absolute atomic E-state index is 6.16. The van der Waals surface area contributed by atoms with Crippen molar-refractivity contribution in [3.63, 3.8) is 0 Å². The summed E-state index contributed by atoms with van der Waals surface area (Å²) in [5, 5.41) is 2.17. The fourth-order valence-electron chi connectivity index (χ4n) is 1.53. The maximum Gasteiger partial charge on any atom is 0.0292 e. The summed E-state index contributed by atoms with van der Waals surface area (Å²) >= 11 is 4.14. The zero-order valence-corrected chi connectivity index (χ0v) is 10.7. The van der Waals surface area contributed by atoms with Crippen molar-refractivity contribution >= 4 is 23.5 Å². The Kier molecular flexibility index (Phi) is 5.42. The van der Waals surface area contributed by atoms with Crippen molar-refractivity contribution in [2.24, 2.45) is 5.73 Å². The number of rotatable bonds is 4. The molecule has 1 nitrogen and oxygen atoms in total. The topological polar surface area (TPSA) is 26.0 Å². The largest absolute Gasteiger partial charge is 0.327 e. The van der Waals surface area contributed by atoms with Gasteiger partial charge in [-0.25, -0.2) is 0 Å². The van der Waals surface area contributed by atoms with Gasteiger partial charge < -0.3 is 5.73 Å². The Balaban J connectivity index is 2.34. The van der Waals surface area contributed by atoms with Crippen LogP contribution < -0.4 is 5.73 Å². The molecule has 1 aliphatic heterocycles. The lowest BCUT2D eigenvalue weighted by molar-refractivity contribution is 0.613. The van der Waals surface area contributed by atoms with Crippen LogP contribution in [0.15, 0.2) is 12.7 Å². The molecule has 0 aromatic heterocycles. The molecule has 0 aromatic rings. The first kappa shape index (κ1) is 12.5. The summed E-state index contributed by atoms with van der Waals surface area (Å²) in [7, 11) is 0. The van der Waals surface area contributed by atoms with Crippen molar-refractivity contribution < 1.29 is 0 Å². The molecule has 0 aliphatic carbocycles. The highest BCUT2D eigenvalue weighted by Gasteiger charge is 2.28. The molecule has 0 spiro atoms. The van der Waals surface area contributed by atoms with Gasteiger partial charge in [-0.1, -0.05) is 19.9 Å². The molecule has 0 aromatic carbocycles. The number of allylic oxidation sites excluding steroid dienone is 1. The lowest BCUT2D eigenvalue weighted by atomic mass is 10.1. The molecule has 82 valence electrons. The predicted molar refractivity (Wildman–Crippen MR) is 70.2 cm³/mol. The number of thioether (sulfide) groups is 2. The molecule has 3 heteroatoms. The Morgan fingerprint density at radius 1 is 1.50 bits per heavy atom. The van der Waals surface area contributed by atoms with Gasteiger partial charge in [-0.05, 0) is 12.8 Å². The van der Waals surface area contributed by atoms with E-state index in [4.69, 9.17) is 5.73 Å². The molecule has 1 rings (SSSR count). The summed E-state index contributed by atoms with van der Waals surface area (Å²) in [5.41, 5.74) is 6.16. The zero-order valence-electron chi connectivity index (χ0n) is 9.11. The molecule has 0 bridgehead atoms. The summed E-state index contributed by atoms with van der Waals surface area (Å²) in [6.07, 6.45) is 4.10. The third kappa shape index (κ3) is 3.52.